The van der Waals surface area contributed by atoms with Gasteiger partial charge < -0.3 is 9.64 Å². The Hall–Kier alpha value is -2.33. The molecule has 0 spiro atoms. The summed E-state index contributed by atoms with van der Waals surface area (Å²) in [6, 6.07) is 18.8. The molecular weight excluding hydrogens is 298 g/mol. The highest BCUT2D eigenvalue weighted by Crippen LogP contribution is 2.15. The Labute approximate surface area is 144 Å². The second kappa shape index (κ2) is 8.50. The van der Waals surface area contributed by atoms with E-state index >= 15 is 0 Å². The molecule has 1 aliphatic heterocycles. The zero-order chi connectivity index (χ0) is 16.6. The van der Waals surface area contributed by atoms with Crippen LogP contribution in [0.2, 0.25) is 0 Å². The molecule has 0 atom stereocenters. The van der Waals surface area contributed by atoms with Crippen LogP contribution < -0.4 is 9.64 Å². The molecule has 24 heavy (non-hydrogen) atoms. The van der Waals surface area contributed by atoms with Crippen molar-refractivity contribution in [2.24, 2.45) is 5.10 Å². The van der Waals surface area contributed by atoms with Crippen molar-refractivity contribution in [2.75, 3.05) is 32.8 Å². The zero-order valence-corrected chi connectivity index (χ0v) is 14.3. The maximum absolute atomic E-state index is 5.65. The Bertz CT molecular complexity index is 649. The van der Waals surface area contributed by atoms with Gasteiger partial charge in [-0.25, -0.2) is 0 Å². The lowest BCUT2D eigenvalue weighted by Gasteiger charge is -2.30. The van der Waals surface area contributed by atoms with Crippen LogP contribution in [0.25, 0.3) is 0 Å². The molecule has 2 aromatic carbocycles. The van der Waals surface area contributed by atoms with E-state index in [-0.39, 0.29) is 0 Å². The van der Waals surface area contributed by atoms with Crippen molar-refractivity contribution in [2.45, 2.75) is 13.5 Å². The third-order valence-electron chi connectivity index (χ3n) is 4.32. The van der Waals surface area contributed by atoms with Gasteiger partial charge in [-0.15, -0.1) is 0 Å². The second-order valence-corrected chi connectivity index (χ2v) is 6.08. The molecule has 1 N–H and O–H groups in total. The Morgan fingerprint density at radius 1 is 1.04 bits per heavy atom. The highest BCUT2D eigenvalue weighted by atomic mass is 16.5. The Morgan fingerprint density at radius 3 is 2.50 bits per heavy atom. The fraction of sp³-hybridized carbons (Fsp3) is 0.350. The third kappa shape index (κ3) is 4.59. The van der Waals surface area contributed by atoms with E-state index in [2.05, 4.69) is 40.4 Å². The predicted molar refractivity (Wildman–Crippen MR) is 97.6 cm³/mol. The minimum absolute atomic E-state index is 0.673. The lowest BCUT2D eigenvalue weighted by Crippen LogP contribution is -3.13. The van der Waals surface area contributed by atoms with Gasteiger partial charge in [-0.3, -0.25) is 5.01 Å². The summed E-state index contributed by atoms with van der Waals surface area (Å²) in [6.07, 6.45) is 1.92. The summed E-state index contributed by atoms with van der Waals surface area (Å²) in [4.78, 5) is 1.63. The van der Waals surface area contributed by atoms with Crippen molar-refractivity contribution in [3.8, 4) is 5.75 Å². The van der Waals surface area contributed by atoms with E-state index in [1.54, 1.807) is 4.90 Å². The van der Waals surface area contributed by atoms with Gasteiger partial charge >= 0.3 is 0 Å². The van der Waals surface area contributed by atoms with Crippen molar-refractivity contribution in [3.05, 3.63) is 65.7 Å². The van der Waals surface area contributed by atoms with Crippen LogP contribution in [-0.2, 0) is 6.54 Å². The predicted octanol–water partition coefficient (Wildman–Crippen LogP) is 1.82. The van der Waals surface area contributed by atoms with Crippen LogP contribution in [0.15, 0.2) is 59.7 Å². The number of hydrogen-bond donors (Lipinski definition) is 1. The van der Waals surface area contributed by atoms with Gasteiger partial charge in [0.1, 0.15) is 12.3 Å². The first-order chi connectivity index (χ1) is 11.8. The first kappa shape index (κ1) is 16.5. The number of ether oxygens (including phenoxy) is 1. The van der Waals surface area contributed by atoms with E-state index in [1.807, 2.05) is 37.4 Å². The fourth-order valence-corrected chi connectivity index (χ4v) is 3.01. The first-order valence-electron chi connectivity index (χ1n) is 8.73. The minimum Gasteiger partial charge on any atom is -0.493 e. The fourth-order valence-electron chi connectivity index (χ4n) is 3.01. The molecule has 0 saturated carbocycles. The van der Waals surface area contributed by atoms with Gasteiger partial charge in [0.05, 0.1) is 39.0 Å². The molecule has 0 aromatic heterocycles. The number of hydrogen-bond acceptors (Lipinski definition) is 3. The number of para-hydroxylation sites is 1. The van der Waals surface area contributed by atoms with Crippen LogP contribution in [0.5, 0.6) is 5.75 Å². The lowest BCUT2D eigenvalue weighted by atomic mass is 10.2. The molecule has 1 aliphatic rings. The van der Waals surface area contributed by atoms with Gasteiger partial charge in [-0.05, 0) is 19.1 Å². The molecule has 0 radical (unpaired) electrons. The second-order valence-electron chi connectivity index (χ2n) is 6.08. The number of hydrazone groups is 1. The average Bonchev–Trinajstić information content (AvgIpc) is 2.63. The van der Waals surface area contributed by atoms with Gasteiger partial charge in [0, 0.05) is 11.1 Å². The third-order valence-corrected chi connectivity index (χ3v) is 4.32. The number of nitrogens with one attached hydrogen (secondary N) is 1. The molecule has 126 valence electrons. The maximum Gasteiger partial charge on any atom is 0.128 e. The van der Waals surface area contributed by atoms with E-state index < -0.39 is 0 Å². The SMILES string of the molecule is CCOc1ccccc1/C=N/N1CC[NH+](Cc2ccccc2)CC1. The topological polar surface area (TPSA) is 29.3 Å². The number of quaternary nitrogens is 1. The van der Waals surface area contributed by atoms with E-state index in [1.165, 1.54) is 5.56 Å². The molecule has 1 heterocycles. The maximum atomic E-state index is 5.65. The molecule has 0 aliphatic carbocycles. The van der Waals surface area contributed by atoms with Gasteiger partial charge in [0.25, 0.3) is 0 Å². The Morgan fingerprint density at radius 2 is 1.75 bits per heavy atom. The van der Waals surface area contributed by atoms with Gasteiger partial charge in [-0.2, -0.15) is 5.10 Å². The minimum atomic E-state index is 0.673. The van der Waals surface area contributed by atoms with E-state index in [0.717, 1.165) is 44.0 Å². The molecule has 1 saturated heterocycles. The van der Waals surface area contributed by atoms with Crippen LogP contribution in [0.4, 0.5) is 0 Å². The largest absolute Gasteiger partial charge is 0.493 e. The normalized spacial score (nSPS) is 15.8. The quantitative estimate of drug-likeness (QED) is 0.822. The van der Waals surface area contributed by atoms with Gasteiger partial charge in [0.15, 0.2) is 0 Å². The molecule has 0 unspecified atom stereocenters. The summed E-state index contributed by atoms with van der Waals surface area (Å²) in [6.45, 7) is 8.02. The van der Waals surface area contributed by atoms with Gasteiger partial charge in [0.2, 0.25) is 0 Å². The summed E-state index contributed by atoms with van der Waals surface area (Å²) < 4.78 is 5.65. The summed E-state index contributed by atoms with van der Waals surface area (Å²) in [7, 11) is 0. The number of piperazine rings is 1. The van der Waals surface area contributed by atoms with Crippen LogP contribution >= 0.6 is 0 Å². The van der Waals surface area contributed by atoms with E-state index in [9.17, 15) is 0 Å². The molecule has 1 fully saturated rings. The average molecular weight is 324 g/mol. The molecule has 0 amide bonds. The number of benzene rings is 2. The van der Waals surface area contributed by atoms with Crippen LogP contribution in [0, 0.1) is 0 Å². The van der Waals surface area contributed by atoms with E-state index in [4.69, 9.17) is 4.74 Å². The summed E-state index contributed by atoms with van der Waals surface area (Å²) in [5, 5.41) is 6.82. The van der Waals surface area contributed by atoms with E-state index in [0.29, 0.717) is 6.61 Å². The summed E-state index contributed by atoms with van der Waals surface area (Å²) >= 11 is 0. The Balaban J connectivity index is 1.52. The van der Waals surface area contributed by atoms with Crippen molar-refractivity contribution < 1.29 is 9.64 Å². The molecule has 3 rings (SSSR count). The molecular formula is C20H26N3O+. The van der Waals surface area contributed by atoms with Crippen LogP contribution in [0.3, 0.4) is 0 Å². The number of nitrogens with zero attached hydrogens (tertiary/aromatic N) is 2. The highest BCUT2D eigenvalue weighted by Gasteiger charge is 2.18. The molecule has 4 nitrogen and oxygen atoms in total. The molecule has 2 aromatic rings. The monoisotopic (exact) mass is 324 g/mol. The standard InChI is InChI=1S/C20H25N3O/c1-2-24-20-11-7-6-10-19(20)16-21-23-14-12-22(13-15-23)17-18-8-4-3-5-9-18/h3-11,16H,2,12-15,17H2,1H3/p+1/b21-16+. The molecule has 0 bridgehead atoms. The Kier molecular flexibility index (Phi) is 5.85. The van der Waals surface area contributed by atoms with Crippen LogP contribution in [0.1, 0.15) is 18.1 Å². The first-order valence-corrected chi connectivity index (χ1v) is 8.73. The number of rotatable bonds is 6. The van der Waals surface area contributed by atoms with Crippen molar-refractivity contribution in [1.29, 1.82) is 0 Å². The van der Waals surface area contributed by atoms with Crippen molar-refractivity contribution in [1.82, 2.24) is 5.01 Å². The van der Waals surface area contributed by atoms with Crippen molar-refractivity contribution >= 4 is 6.21 Å². The van der Waals surface area contributed by atoms with Gasteiger partial charge in [-0.1, -0.05) is 42.5 Å². The lowest BCUT2D eigenvalue weighted by molar-refractivity contribution is -0.918. The van der Waals surface area contributed by atoms with Crippen LogP contribution in [-0.4, -0.2) is 44.0 Å². The summed E-state index contributed by atoms with van der Waals surface area (Å²) in [5.74, 6) is 0.900. The smallest absolute Gasteiger partial charge is 0.128 e. The highest BCUT2D eigenvalue weighted by molar-refractivity contribution is 5.83. The zero-order valence-electron chi connectivity index (χ0n) is 14.3. The van der Waals surface area contributed by atoms with Crippen molar-refractivity contribution in [3.63, 3.8) is 0 Å². The summed E-state index contributed by atoms with van der Waals surface area (Å²) in [5.41, 5.74) is 2.45. The molecule has 4 heteroatoms.